The Morgan fingerprint density at radius 2 is 2.47 bits per heavy atom. The fraction of sp³-hybridized carbons (Fsp3) is 0.222. The van der Waals surface area contributed by atoms with Gasteiger partial charge in [-0.25, -0.2) is 17.9 Å². The van der Waals surface area contributed by atoms with Crippen molar-refractivity contribution < 1.29 is 17.9 Å². The number of esters is 1. The number of ether oxygens (including phenoxy) is 1. The predicted octanol–water partition coefficient (Wildman–Crippen LogP) is -0.184. The van der Waals surface area contributed by atoms with E-state index in [2.05, 4.69) is 32.0 Å². The molecule has 0 aliphatic carbocycles. The van der Waals surface area contributed by atoms with Crippen LogP contribution in [0.4, 0.5) is 0 Å². The van der Waals surface area contributed by atoms with Crippen LogP contribution in [-0.2, 0) is 14.8 Å². The average molecular weight is 257 g/mol. The maximum Gasteiger partial charge on any atom is 0.342 e. The van der Waals surface area contributed by atoms with E-state index in [9.17, 15) is 13.2 Å². The number of carbonyl (C=O) groups is 1. The van der Waals surface area contributed by atoms with Crippen LogP contribution in [0.5, 0.6) is 0 Å². The molecule has 0 aromatic carbocycles. The molecule has 1 aromatic rings. The third-order valence-electron chi connectivity index (χ3n) is 1.80. The standard InChI is InChI=1S/C9H11N3O4S/c1-3-4-5-11-17(14,15)8-7(6-10-12-8)9(13)16-2/h4,6,11H,1,5H2,2H3,(H,10,12). The third-order valence-corrected chi connectivity index (χ3v) is 3.19. The zero-order chi connectivity index (χ0) is 12.9. The first kappa shape index (κ1) is 13.2. The summed E-state index contributed by atoms with van der Waals surface area (Å²) < 4.78 is 30.2. The van der Waals surface area contributed by atoms with Crippen molar-refractivity contribution in [3.05, 3.63) is 30.1 Å². The molecule has 0 aliphatic rings. The number of hydrogen-bond acceptors (Lipinski definition) is 5. The minimum atomic E-state index is -3.84. The number of nitrogens with zero attached hydrogens (tertiary/aromatic N) is 1. The monoisotopic (exact) mass is 257 g/mol. The van der Waals surface area contributed by atoms with Gasteiger partial charge in [0.05, 0.1) is 13.3 Å². The van der Waals surface area contributed by atoms with Crippen LogP contribution in [0.15, 0.2) is 29.6 Å². The highest BCUT2D eigenvalue weighted by molar-refractivity contribution is 7.89. The van der Waals surface area contributed by atoms with E-state index in [1.54, 1.807) is 0 Å². The minimum absolute atomic E-state index is 0.0193. The van der Waals surface area contributed by atoms with Crippen molar-refractivity contribution in [3.63, 3.8) is 0 Å². The smallest absolute Gasteiger partial charge is 0.342 e. The molecule has 0 fully saturated rings. The first-order chi connectivity index (χ1) is 8.03. The Balaban J connectivity index is 3.03. The Morgan fingerprint density at radius 3 is 3.06 bits per heavy atom. The number of carbonyl (C=O) groups excluding carboxylic acids is 1. The molecule has 0 saturated heterocycles. The van der Waals surface area contributed by atoms with Crippen molar-refractivity contribution in [1.29, 1.82) is 0 Å². The van der Waals surface area contributed by atoms with Crippen molar-refractivity contribution in [1.82, 2.24) is 14.9 Å². The fourth-order valence-corrected chi connectivity index (χ4v) is 2.08. The van der Waals surface area contributed by atoms with Gasteiger partial charge in [-0.15, -0.1) is 5.73 Å². The highest BCUT2D eigenvalue weighted by atomic mass is 32.2. The summed E-state index contributed by atoms with van der Waals surface area (Å²) in [5.74, 6) is -0.779. The van der Waals surface area contributed by atoms with Crippen LogP contribution in [0, 0.1) is 0 Å². The van der Waals surface area contributed by atoms with E-state index >= 15 is 0 Å². The Morgan fingerprint density at radius 1 is 1.76 bits per heavy atom. The van der Waals surface area contributed by atoms with Crippen LogP contribution in [-0.4, -0.2) is 38.2 Å². The second-order valence-corrected chi connectivity index (χ2v) is 4.57. The number of aromatic amines is 1. The van der Waals surface area contributed by atoms with E-state index in [1.165, 1.54) is 6.08 Å². The molecule has 0 atom stereocenters. The highest BCUT2D eigenvalue weighted by Crippen LogP contribution is 2.12. The van der Waals surface area contributed by atoms with Crippen LogP contribution < -0.4 is 4.72 Å². The lowest BCUT2D eigenvalue weighted by Gasteiger charge is -2.03. The van der Waals surface area contributed by atoms with Crippen molar-refractivity contribution >= 4 is 16.0 Å². The molecule has 1 heterocycles. The maximum absolute atomic E-state index is 11.8. The van der Waals surface area contributed by atoms with Crippen LogP contribution in [0.2, 0.25) is 0 Å². The largest absolute Gasteiger partial charge is 0.465 e. The molecule has 0 spiro atoms. The highest BCUT2D eigenvalue weighted by Gasteiger charge is 2.24. The molecule has 92 valence electrons. The lowest BCUT2D eigenvalue weighted by atomic mass is 10.4. The summed E-state index contributed by atoms with van der Waals surface area (Å²) in [7, 11) is -2.69. The number of methoxy groups -OCH3 is 1. The van der Waals surface area contributed by atoms with Gasteiger partial charge >= 0.3 is 5.97 Å². The number of nitrogens with one attached hydrogen (secondary N) is 2. The van der Waals surface area contributed by atoms with Gasteiger partial charge in [0.25, 0.3) is 10.0 Å². The molecule has 1 rings (SSSR count). The molecule has 0 bridgehead atoms. The molecule has 0 saturated carbocycles. The van der Waals surface area contributed by atoms with E-state index in [0.29, 0.717) is 0 Å². The molecule has 0 unspecified atom stereocenters. The van der Waals surface area contributed by atoms with Crippen LogP contribution in [0.3, 0.4) is 0 Å². The molecule has 7 nitrogen and oxygen atoms in total. The number of H-pyrrole nitrogens is 1. The van der Waals surface area contributed by atoms with Gasteiger partial charge in [-0.3, -0.25) is 5.10 Å². The van der Waals surface area contributed by atoms with Gasteiger partial charge in [0.15, 0.2) is 5.03 Å². The topological polar surface area (TPSA) is 101 Å². The SMILES string of the molecule is C=C=CCNS(=O)(=O)c1[nH]ncc1C(=O)OC. The summed E-state index contributed by atoms with van der Waals surface area (Å²) >= 11 is 0. The predicted molar refractivity (Wildman–Crippen MR) is 58.8 cm³/mol. The van der Waals surface area contributed by atoms with Gasteiger partial charge < -0.3 is 4.74 Å². The first-order valence-electron chi connectivity index (χ1n) is 4.48. The molecule has 17 heavy (non-hydrogen) atoms. The number of rotatable bonds is 5. The maximum atomic E-state index is 11.8. The number of hydrogen-bond donors (Lipinski definition) is 2. The molecule has 2 N–H and O–H groups in total. The van der Waals surface area contributed by atoms with E-state index < -0.39 is 16.0 Å². The lowest BCUT2D eigenvalue weighted by Crippen LogP contribution is -2.25. The quantitative estimate of drug-likeness (QED) is 0.562. The Labute approximate surface area is 98.2 Å². The van der Waals surface area contributed by atoms with Gasteiger partial charge in [-0.05, 0) is 6.08 Å². The lowest BCUT2D eigenvalue weighted by molar-refractivity contribution is 0.0596. The van der Waals surface area contributed by atoms with Crippen molar-refractivity contribution in [2.75, 3.05) is 13.7 Å². The molecule has 8 heteroatoms. The van der Waals surface area contributed by atoms with Crippen LogP contribution in [0.1, 0.15) is 10.4 Å². The summed E-state index contributed by atoms with van der Waals surface area (Å²) in [5.41, 5.74) is 2.26. The second-order valence-electron chi connectivity index (χ2n) is 2.86. The molecule has 0 aliphatic heterocycles. The van der Waals surface area contributed by atoms with Crippen LogP contribution >= 0.6 is 0 Å². The molecule has 1 aromatic heterocycles. The summed E-state index contributed by atoms with van der Waals surface area (Å²) in [5, 5.41) is 5.41. The van der Waals surface area contributed by atoms with Gasteiger partial charge in [-0.2, -0.15) is 5.10 Å². The minimum Gasteiger partial charge on any atom is -0.465 e. The first-order valence-corrected chi connectivity index (χ1v) is 5.97. The van der Waals surface area contributed by atoms with Crippen molar-refractivity contribution in [3.8, 4) is 0 Å². The van der Waals surface area contributed by atoms with Crippen molar-refractivity contribution in [2.24, 2.45) is 0 Å². The number of sulfonamides is 1. The summed E-state index contributed by atoms with van der Waals surface area (Å²) in [4.78, 5) is 11.3. The number of aromatic nitrogens is 2. The van der Waals surface area contributed by atoms with E-state index in [-0.39, 0.29) is 17.1 Å². The molecular weight excluding hydrogens is 246 g/mol. The van der Waals surface area contributed by atoms with Gasteiger partial charge in [-0.1, -0.05) is 6.58 Å². The molecular formula is C9H11N3O4S. The summed E-state index contributed by atoms with van der Waals surface area (Å²) in [6.07, 6.45) is 2.48. The van der Waals surface area contributed by atoms with Crippen LogP contribution in [0.25, 0.3) is 0 Å². The van der Waals surface area contributed by atoms with Gasteiger partial charge in [0.2, 0.25) is 0 Å². The van der Waals surface area contributed by atoms with Gasteiger partial charge in [0, 0.05) is 6.54 Å². The Kier molecular flexibility index (Phi) is 4.22. The Bertz CT molecular complexity index is 555. The van der Waals surface area contributed by atoms with E-state index in [1.807, 2.05) is 0 Å². The van der Waals surface area contributed by atoms with E-state index in [4.69, 9.17) is 0 Å². The normalized spacial score (nSPS) is 10.6. The second kappa shape index (κ2) is 5.44. The molecule has 0 amide bonds. The average Bonchev–Trinajstić information content (AvgIpc) is 2.78. The van der Waals surface area contributed by atoms with Crippen molar-refractivity contribution in [2.45, 2.75) is 5.03 Å². The molecule has 0 radical (unpaired) electrons. The van der Waals surface area contributed by atoms with Gasteiger partial charge in [0.1, 0.15) is 5.56 Å². The zero-order valence-corrected chi connectivity index (χ0v) is 9.87. The summed E-state index contributed by atoms with van der Waals surface area (Å²) in [6.45, 7) is 3.31. The Hall–Kier alpha value is -1.89. The fourth-order valence-electron chi connectivity index (χ4n) is 1.03. The summed E-state index contributed by atoms with van der Waals surface area (Å²) in [6, 6.07) is 0. The van der Waals surface area contributed by atoms with E-state index in [0.717, 1.165) is 13.3 Å². The third kappa shape index (κ3) is 3.04. The zero-order valence-electron chi connectivity index (χ0n) is 9.06.